The summed E-state index contributed by atoms with van der Waals surface area (Å²) in [6.45, 7) is 1.66. The van der Waals surface area contributed by atoms with Gasteiger partial charge in [-0.1, -0.05) is 42.0 Å². The Morgan fingerprint density at radius 1 is 1.03 bits per heavy atom. The van der Waals surface area contributed by atoms with Crippen LogP contribution < -0.4 is 0 Å². The number of hydrogen-bond acceptors (Lipinski definition) is 4. The number of likely N-dealkylation sites (tertiary alicyclic amines) is 1. The van der Waals surface area contributed by atoms with Crippen LogP contribution in [0, 0.1) is 12.7 Å². The van der Waals surface area contributed by atoms with Crippen molar-refractivity contribution >= 4 is 23.4 Å². The topological polar surface area (TPSA) is 70.1 Å². The van der Waals surface area contributed by atoms with Gasteiger partial charge in [0.1, 0.15) is 12.4 Å². The van der Waals surface area contributed by atoms with Gasteiger partial charge in [0, 0.05) is 19.3 Å². The maximum atomic E-state index is 13.3. The van der Waals surface area contributed by atoms with Crippen molar-refractivity contribution in [1.82, 2.24) is 9.91 Å². The lowest BCUT2D eigenvalue weighted by atomic mass is 9.97. The van der Waals surface area contributed by atoms with E-state index in [0.717, 1.165) is 21.6 Å². The highest BCUT2D eigenvalue weighted by Crippen LogP contribution is 2.33. The Morgan fingerprint density at radius 3 is 2.28 bits per heavy atom. The van der Waals surface area contributed by atoms with E-state index >= 15 is 0 Å². The van der Waals surface area contributed by atoms with Crippen molar-refractivity contribution in [1.29, 1.82) is 0 Å². The molecule has 0 bridgehead atoms. The van der Waals surface area contributed by atoms with E-state index in [4.69, 9.17) is 0 Å². The fraction of sp³-hybridized carbons (Fsp3) is 0.273. The molecule has 2 heterocycles. The van der Waals surface area contributed by atoms with E-state index in [1.54, 1.807) is 12.1 Å². The van der Waals surface area contributed by atoms with Crippen molar-refractivity contribution in [3.05, 3.63) is 71.0 Å². The van der Waals surface area contributed by atoms with Crippen molar-refractivity contribution < 1.29 is 18.8 Å². The van der Waals surface area contributed by atoms with Crippen LogP contribution in [0.15, 0.2) is 53.6 Å². The quantitative estimate of drug-likeness (QED) is 0.750. The number of carbonyl (C=O) groups is 3. The van der Waals surface area contributed by atoms with Gasteiger partial charge in [-0.25, -0.2) is 9.40 Å². The van der Waals surface area contributed by atoms with E-state index in [0.29, 0.717) is 12.1 Å². The predicted octanol–water partition coefficient (Wildman–Crippen LogP) is 2.96. The summed E-state index contributed by atoms with van der Waals surface area (Å²) in [5.41, 5.74) is 3.39. The van der Waals surface area contributed by atoms with Crippen LogP contribution in [0.4, 0.5) is 4.39 Å². The molecule has 2 aliphatic rings. The molecule has 2 aromatic rings. The van der Waals surface area contributed by atoms with Crippen LogP contribution in [0.3, 0.4) is 0 Å². The average molecular weight is 393 g/mol. The molecule has 1 fully saturated rings. The second-order valence-electron chi connectivity index (χ2n) is 7.30. The van der Waals surface area contributed by atoms with Crippen molar-refractivity contribution in [2.45, 2.75) is 32.2 Å². The van der Waals surface area contributed by atoms with Crippen molar-refractivity contribution in [2.75, 3.05) is 6.54 Å². The number of hydrogen-bond donors (Lipinski definition) is 0. The van der Waals surface area contributed by atoms with Crippen molar-refractivity contribution in [3.63, 3.8) is 0 Å². The van der Waals surface area contributed by atoms with Crippen LogP contribution in [-0.2, 0) is 14.4 Å². The molecule has 0 N–H and O–H groups in total. The zero-order valence-electron chi connectivity index (χ0n) is 16.0. The first kappa shape index (κ1) is 19.0. The van der Waals surface area contributed by atoms with Crippen molar-refractivity contribution in [3.8, 4) is 0 Å². The van der Waals surface area contributed by atoms with Gasteiger partial charge in [-0.2, -0.15) is 5.10 Å². The number of aryl methyl sites for hydroxylation is 1. The lowest BCUT2D eigenvalue weighted by Crippen LogP contribution is -2.40. The minimum Gasteiger partial charge on any atom is -0.274 e. The number of benzene rings is 2. The fourth-order valence-corrected chi connectivity index (χ4v) is 3.61. The summed E-state index contributed by atoms with van der Waals surface area (Å²) < 4.78 is 13.3. The number of halogens is 1. The summed E-state index contributed by atoms with van der Waals surface area (Å²) in [5, 5.41) is 5.84. The molecule has 0 spiro atoms. The third-order valence-electron chi connectivity index (χ3n) is 5.25. The highest BCUT2D eigenvalue weighted by atomic mass is 19.1. The van der Waals surface area contributed by atoms with E-state index in [9.17, 15) is 18.8 Å². The maximum Gasteiger partial charge on any atom is 0.263 e. The van der Waals surface area contributed by atoms with Crippen molar-refractivity contribution in [2.24, 2.45) is 5.10 Å². The van der Waals surface area contributed by atoms with E-state index in [2.05, 4.69) is 5.10 Å². The van der Waals surface area contributed by atoms with Gasteiger partial charge in [-0.15, -0.1) is 0 Å². The zero-order chi connectivity index (χ0) is 20.5. The standard InChI is InChI=1S/C22H20FN3O3/c1-14-2-4-16(5-3-14)19-12-18(15-6-8-17(23)9-7-15)24-26(19)22(29)13-25-20(27)10-11-21(25)28/h2-9,19H,10-13H2,1H3. The Bertz CT molecular complexity index is 983. The molecule has 2 aliphatic heterocycles. The molecule has 4 rings (SSSR count). The molecular formula is C22H20FN3O3. The summed E-state index contributed by atoms with van der Waals surface area (Å²) in [6, 6.07) is 13.4. The summed E-state index contributed by atoms with van der Waals surface area (Å²) in [5.74, 6) is -1.44. The van der Waals surface area contributed by atoms with Gasteiger partial charge in [-0.3, -0.25) is 19.3 Å². The Morgan fingerprint density at radius 2 is 1.66 bits per heavy atom. The molecular weight excluding hydrogens is 373 g/mol. The molecule has 29 heavy (non-hydrogen) atoms. The Labute approximate surface area is 167 Å². The summed E-state index contributed by atoms with van der Waals surface area (Å²) in [6.07, 6.45) is 0.734. The summed E-state index contributed by atoms with van der Waals surface area (Å²) >= 11 is 0. The maximum absolute atomic E-state index is 13.3. The van der Waals surface area contributed by atoms with E-state index in [1.807, 2.05) is 31.2 Å². The fourth-order valence-electron chi connectivity index (χ4n) is 3.61. The largest absolute Gasteiger partial charge is 0.274 e. The second kappa shape index (κ2) is 7.58. The monoisotopic (exact) mass is 393 g/mol. The van der Waals surface area contributed by atoms with Crippen LogP contribution in [0.25, 0.3) is 0 Å². The molecule has 0 aromatic heterocycles. The Balaban J connectivity index is 1.64. The average Bonchev–Trinajstić information content (AvgIpc) is 3.28. The number of nitrogens with zero attached hydrogens (tertiary/aromatic N) is 3. The number of carbonyl (C=O) groups excluding carboxylic acids is 3. The van der Waals surface area contributed by atoms with Crippen LogP contribution in [0.5, 0.6) is 0 Å². The number of imide groups is 1. The molecule has 1 unspecified atom stereocenters. The first-order valence-corrected chi connectivity index (χ1v) is 9.47. The first-order valence-electron chi connectivity index (χ1n) is 9.47. The molecule has 6 nitrogen and oxygen atoms in total. The van der Waals surface area contributed by atoms with Crippen LogP contribution in [0.1, 0.15) is 42.0 Å². The molecule has 3 amide bonds. The summed E-state index contributed by atoms with van der Waals surface area (Å²) in [4.78, 5) is 37.8. The van der Waals surface area contributed by atoms with Crippen LogP contribution >= 0.6 is 0 Å². The normalized spacial score (nSPS) is 19.1. The van der Waals surface area contributed by atoms with E-state index in [1.165, 1.54) is 17.1 Å². The van der Waals surface area contributed by atoms with Crippen LogP contribution in [0.2, 0.25) is 0 Å². The second-order valence-corrected chi connectivity index (χ2v) is 7.30. The number of hydrazone groups is 1. The molecule has 0 radical (unpaired) electrons. The molecule has 7 heteroatoms. The SMILES string of the molecule is Cc1ccc(C2CC(c3ccc(F)cc3)=NN2C(=O)CN2C(=O)CCC2=O)cc1. The third kappa shape index (κ3) is 3.81. The van der Waals surface area contributed by atoms with Crippen LogP contribution in [-0.4, -0.2) is 39.9 Å². The molecule has 0 aliphatic carbocycles. The lowest BCUT2D eigenvalue weighted by molar-refractivity contribution is -0.146. The van der Waals surface area contributed by atoms with Gasteiger partial charge in [-0.05, 0) is 30.2 Å². The van der Waals surface area contributed by atoms with Gasteiger partial charge < -0.3 is 0 Å². The smallest absolute Gasteiger partial charge is 0.263 e. The molecule has 0 saturated carbocycles. The minimum absolute atomic E-state index is 0.137. The summed E-state index contributed by atoms with van der Waals surface area (Å²) in [7, 11) is 0. The Kier molecular flexibility index (Phi) is 4.96. The number of amides is 3. The highest BCUT2D eigenvalue weighted by molar-refractivity contribution is 6.06. The Hall–Kier alpha value is -3.35. The molecule has 1 saturated heterocycles. The lowest BCUT2D eigenvalue weighted by Gasteiger charge is -2.24. The highest BCUT2D eigenvalue weighted by Gasteiger charge is 2.37. The minimum atomic E-state index is -0.420. The van der Waals surface area contributed by atoms with Gasteiger partial charge in [0.15, 0.2) is 0 Å². The molecule has 1 atom stereocenters. The van der Waals surface area contributed by atoms with Gasteiger partial charge in [0.2, 0.25) is 11.8 Å². The van der Waals surface area contributed by atoms with E-state index < -0.39 is 5.91 Å². The predicted molar refractivity (Wildman–Crippen MR) is 104 cm³/mol. The zero-order valence-corrected chi connectivity index (χ0v) is 16.0. The molecule has 2 aromatic carbocycles. The van der Waals surface area contributed by atoms with Gasteiger partial charge in [0.05, 0.1) is 11.8 Å². The number of rotatable bonds is 4. The molecule has 148 valence electrons. The first-order chi connectivity index (χ1) is 13.9. The van der Waals surface area contributed by atoms with E-state index in [-0.39, 0.29) is 43.1 Å². The van der Waals surface area contributed by atoms with Gasteiger partial charge >= 0.3 is 0 Å². The van der Waals surface area contributed by atoms with Gasteiger partial charge in [0.25, 0.3) is 5.91 Å². The third-order valence-corrected chi connectivity index (χ3v) is 5.25.